The standard InChI is InChI=1S/C23H24O2/c1-3-24-22-12-8-11-21(23(22)25-4-2)20-15-13-19(14-16-20)17-18-9-6-5-7-10-18/h5-16H,3-4,17H2,1-2H3. The summed E-state index contributed by atoms with van der Waals surface area (Å²) < 4.78 is 11.6. The molecule has 3 rings (SSSR count). The third-order valence-corrected chi connectivity index (χ3v) is 4.08. The van der Waals surface area contributed by atoms with E-state index in [0.29, 0.717) is 13.2 Å². The number of benzene rings is 3. The highest BCUT2D eigenvalue weighted by Crippen LogP contribution is 2.38. The Labute approximate surface area is 150 Å². The van der Waals surface area contributed by atoms with Gasteiger partial charge in [0.15, 0.2) is 11.5 Å². The largest absolute Gasteiger partial charge is 0.490 e. The molecule has 0 unspecified atom stereocenters. The first-order valence-electron chi connectivity index (χ1n) is 8.83. The van der Waals surface area contributed by atoms with Gasteiger partial charge in [-0.1, -0.05) is 66.7 Å². The van der Waals surface area contributed by atoms with E-state index in [1.165, 1.54) is 11.1 Å². The average Bonchev–Trinajstić information content (AvgIpc) is 2.65. The summed E-state index contributed by atoms with van der Waals surface area (Å²) in [7, 11) is 0. The lowest BCUT2D eigenvalue weighted by Gasteiger charge is -2.15. The second-order valence-electron chi connectivity index (χ2n) is 5.86. The monoisotopic (exact) mass is 332 g/mol. The highest BCUT2D eigenvalue weighted by molar-refractivity contribution is 5.74. The summed E-state index contributed by atoms with van der Waals surface area (Å²) in [5, 5.41) is 0. The summed E-state index contributed by atoms with van der Waals surface area (Å²) >= 11 is 0. The van der Waals surface area contributed by atoms with Crippen molar-refractivity contribution >= 4 is 0 Å². The Hall–Kier alpha value is -2.74. The number of ether oxygens (including phenoxy) is 2. The molecule has 2 heteroatoms. The smallest absolute Gasteiger partial charge is 0.168 e. The molecular weight excluding hydrogens is 308 g/mol. The van der Waals surface area contributed by atoms with Gasteiger partial charge >= 0.3 is 0 Å². The Kier molecular flexibility index (Phi) is 5.73. The topological polar surface area (TPSA) is 18.5 Å². The van der Waals surface area contributed by atoms with Crippen LogP contribution in [0, 0.1) is 0 Å². The van der Waals surface area contributed by atoms with Crippen LogP contribution in [0.5, 0.6) is 11.5 Å². The van der Waals surface area contributed by atoms with Crippen LogP contribution in [0.25, 0.3) is 11.1 Å². The number of rotatable bonds is 7. The molecule has 0 aliphatic carbocycles. The summed E-state index contributed by atoms with van der Waals surface area (Å²) in [5.74, 6) is 1.62. The van der Waals surface area contributed by atoms with E-state index >= 15 is 0 Å². The fraction of sp³-hybridized carbons (Fsp3) is 0.217. The van der Waals surface area contributed by atoms with E-state index in [0.717, 1.165) is 29.0 Å². The van der Waals surface area contributed by atoms with Gasteiger partial charge in [0, 0.05) is 5.56 Å². The molecule has 128 valence electrons. The molecule has 0 saturated carbocycles. The van der Waals surface area contributed by atoms with Crippen molar-refractivity contribution in [3.05, 3.63) is 83.9 Å². The lowest BCUT2D eigenvalue weighted by molar-refractivity contribution is 0.289. The van der Waals surface area contributed by atoms with Crippen LogP contribution >= 0.6 is 0 Å². The van der Waals surface area contributed by atoms with Crippen LogP contribution in [0.1, 0.15) is 25.0 Å². The third-order valence-electron chi connectivity index (χ3n) is 4.08. The van der Waals surface area contributed by atoms with Gasteiger partial charge in [-0.2, -0.15) is 0 Å². The summed E-state index contributed by atoms with van der Waals surface area (Å²) in [4.78, 5) is 0. The zero-order chi connectivity index (χ0) is 17.5. The molecule has 0 aromatic heterocycles. The van der Waals surface area contributed by atoms with Crippen molar-refractivity contribution in [2.45, 2.75) is 20.3 Å². The molecule has 0 spiro atoms. The van der Waals surface area contributed by atoms with E-state index in [9.17, 15) is 0 Å². The van der Waals surface area contributed by atoms with Crippen LogP contribution in [-0.2, 0) is 6.42 Å². The Morgan fingerprint density at radius 3 is 2.00 bits per heavy atom. The first-order valence-corrected chi connectivity index (χ1v) is 8.83. The Balaban J connectivity index is 1.88. The van der Waals surface area contributed by atoms with Gasteiger partial charge in [0.05, 0.1) is 13.2 Å². The fourth-order valence-corrected chi connectivity index (χ4v) is 2.94. The zero-order valence-electron chi connectivity index (χ0n) is 14.9. The van der Waals surface area contributed by atoms with Crippen molar-refractivity contribution in [2.75, 3.05) is 13.2 Å². The highest BCUT2D eigenvalue weighted by Gasteiger charge is 2.12. The molecule has 0 bridgehead atoms. The van der Waals surface area contributed by atoms with E-state index in [-0.39, 0.29) is 0 Å². The van der Waals surface area contributed by atoms with Crippen LogP contribution in [0.4, 0.5) is 0 Å². The fourth-order valence-electron chi connectivity index (χ4n) is 2.94. The van der Waals surface area contributed by atoms with Crippen LogP contribution in [0.15, 0.2) is 72.8 Å². The third kappa shape index (κ3) is 4.21. The Bertz CT molecular complexity index is 792. The minimum atomic E-state index is 0.614. The van der Waals surface area contributed by atoms with E-state index < -0.39 is 0 Å². The molecule has 0 radical (unpaired) electrons. The SMILES string of the molecule is CCOc1cccc(-c2ccc(Cc3ccccc3)cc2)c1OCC. The van der Waals surface area contributed by atoms with Gasteiger partial charge in [0.2, 0.25) is 0 Å². The maximum atomic E-state index is 5.88. The van der Waals surface area contributed by atoms with Crippen molar-refractivity contribution in [3.63, 3.8) is 0 Å². The quantitative estimate of drug-likeness (QED) is 0.549. The zero-order valence-corrected chi connectivity index (χ0v) is 14.9. The maximum Gasteiger partial charge on any atom is 0.168 e. The summed E-state index contributed by atoms with van der Waals surface area (Å²) in [6, 6.07) is 25.3. The van der Waals surface area contributed by atoms with E-state index in [1.54, 1.807) is 0 Å². The highest BCUT2D eigenvalue weighted by atomic mass is 16.5. The maximum absolute atomic E-state index is 5.88. The molecule has 0 amide bonds. The van der Waals surface area contributed by atoms with Gasteiger partial charge in [0.25, 0.3) is 0 Å². The van der Waals surface area contributed by atoms with Crippen molar-refractivity contribution in [3.8, 4) is 22.6 Å². The van der Waals surface area contributed by atoms with Crippen LogP contribution < -0.4 is 9.47 Å². The molecular formula is C23H24O2. The van der Waals surface area contributed by atoms with Crippen molar-refractivity contribution < 1.29 is 9.47 Å². The molecule has 0 aliphatic rings. The van der Waals surface area contributed by atoms with Gasteiger partial charge in [-0.05, 0) is 43.0 Å². The lowest BCUT2D eigenvalue weighted by Crippen LogP contribution is -2.00. The molecule has 3 aromatic carbocycles. The van der Waals surface area contributed by atoms with Crippen molar-refractivity contribution in [1.82, 2.24) is 0 Å². The summed E-state index contributed by atoms with van der Waals surface area (Å²) in [6.45, 7) is 5.22. The van der Waals surface area contributed by atoms with Crippen molar-refractivity contribution in [1.29, 1.82) is 0 Å². The second kappa shape index (κ2) is 8.39. The average molecular weight is 332 g/mol. The number of hydrogen-bond donors (Lipinski definition) is 0. The predicted octanol–water partition coefficient (Wildman–Crippen LogP) is 5.74. The minimum Gasteiger partial charge on any atom is -0.490 e. The minimum absolute atomic E-state index is 0.614. The van der Waals surface area contributed by atoms with E-state index in [1.807, 2.05) is 32.0 Å². The van der Waals surface area contributed by atoms with E-state index in [2.05, 4.69) is 54.6 Å². The molecule has 0 heterocycles. The normalized spacial score (nSPS) is 10.5. The Morgan fingerprint density at radius 2 is 1.32 bits per heavy atom. The molecule has 25 heavy (non-hydrogen) atoms. The second-order valence-corrected chi connectivity index (χ2v) is 5.86. The Morgan fingerprint density at radius 1 is 0.640 bits per heavy atom. The first-order chi connectivity index (χ1) is 12.3. The molecule has 0 atom stereocenters. The van der Waals surface area contributed by atoms with E-state index in [4.69, 9.17) is 9.47 Å². The van der Waals surface area contributed by atoms with Gasteiger partial charge in [0.1, 0.15) is 0 Å². The first kappa shape index (κ1) is 17.1. The molecule has 2 nitrogen and oxygen atoms in total. The van der Waals surface area contributed by atoms with Crippen LogP contribution in [0.2, 0.25) is 0 Å². The lowest BCUT2D eigenvalue weighted by atomic mass is 9.99. The number of hydrogen-bond acceptors (Lipinski definition) is 2. The molecule has 0 N–H and O–H groups in total. The van der Waals surface area contributed by atoms with Crippen molar-refractivity contribution in [2.24, 2.45) is 0 Å². The number of para-hydroxylation sites is 1. The predicted molar refractivity (Wildman–Crippen MR) is 103 cm³/mol. The molecule has 0 aliphatic heterocycles. The molecule has 0 fully saturated rings. The summed E-state index contributed by atoms with van der Waals surface area (Å²) in [5.41, 5.74) is 4.83. The van der Waals surface area contributed by atoms with Gasteiger partial charge in [-0.25, -0.2) is 0 Å². The summed E-state index contributed by atoms with van der Waals surface area (Å²) in [6.07, 6.45) is 0.943. The molecule has 0 saturated heterocycles. The molecule has 3 aromatic rings. The van der Waals surface area contributed by atoms with Gasteiger partial charge in [-0.3, -0.25) is 0 Å². The van der Waals surface area contributed by atoms with Gasteiger partial charge < -0.3 is 9.47 Å². The van der Waals surface area contributed by atoms with Gasteiger partial charge in [-0.15, -0.1) is 0 Å². The van der Waals surface area contributed by atoms with Crippen LogP contribution in [-0.4, -0.2) is 13.2 Å². The van der Waals surface area contributed by atoms with Crippen LogP contribution in [0.3, 0.4) is 0 Å².